The molecule has 19 heavy (non-hydrogen) atoms. The van der Waals surface area contributed by atoms with Crippen molar-refractivity contribution in [1.29, 1.82) is 0 Å². The van der Waals surface area contributed by atoms with Crippen LogP contribution in [0.1, 0.15) is 26.3 Å². The Bertz CT molecular complexity index is 440. The van der Waals surface area contributed by atoms with Gasteiger partial charge in [0.2, 0.25) is 0 Å². The van der Waals surface area contributed by atoms with Gasteiger partial charge in [-0.05, 0) is 25.5 Å². The van der Waals surface area contributed by atoms with E-state index in [1.807, 2.05) is 45.9 Å². The van der Waals surface area contributed by atoms with Crippen LogP contribution in [0.3, 0.4) is 0 Å². The standard InChI is InChI=1S/C9H14N2O.C2H6.H2O4S/c1-3-10-8-6-4-5-7(2)9(8)11-12;1-2;1-5(2,3)4/h4-6,10-12H,3H2,1-2H3;1-2H3;(H2,1,2,3,4)/p-2. The maximum absolute atomic E-state index is 8.84. The Kier molecular flexibility index (Phi) is 11.1. The van der Waals surface area contributed by atoms with Crippen LogP contribution in [0.4, 0.5) is 11.4 Å². The van der Waals surface area contributed by atoms with Gasteiger partial charge in [-0.3, -0.25) is 19.1 Å². The van der Waals surface area contributed by atoms with Gasteiger partial charge in [0.1, 0.15) is 0 Å². The van der Waals surface area contributed by atoms with Crippen LogP contribution in [0.15, 0.2) is 18.2 Å². The molecular weight excluding hydrogens is 272 g/mol. The summed E-state index contributed by atoms with van der Waals surface area (Å²) in [5, 5.41) is 12.0. The number of aryl methyl sites for hydroxylation is 1. The van der Waals surface area contributed by atoms with Crippen molar-refractivity contribution in [2.45, 2.75) is 27.7 Å². The minimum absolute atomic E-state index is 0.749. The lowest BCUT2D eigenvalue weighted by molar-refractivity contribution is 0.352. The highest BCUT2D eigenvalue weighted by Crippen LogP contribution is 2.24. The second-order valence-electron chi connectivity index (χ2n) is 3.05. The summed E-state index contributed by atoms with van der Waals surface area (Å²) in [7, 11) is -5.17. The van der Waals surface area contributed by atoms with E-state index in [-0.39, 0.29) is 0 Å². The molecule has 0 aromatic heterocycles. The van der Waals surface area contributed by atoms with Gasteiger partial charge in [-0.15, -0.1) is 0 Å². The Morgan fingerprint density at radius 3 is 2.11 bits per heavy atom. The van der Waals surface area contributed by atoms with E-state index < -0.39 is 10.4 Å². The van der Waals surface area contributed by atoms with Crippen LogP contribution in [-0.2, 0) is 10.4 Å². The van der Waals surface area contributed by atoms with Crippen LogP contribution in [0.25, 0.3) is 0 Å². The van der Waals surface area contributed by atoms with Crippen molar-refractivity contribution < 1.29 is 22.7 Å². The zero-order valence-electron chi connectivity index (χ0n) is 11.4. The Morgan fingerprint density at radius 2 is 1.74 bits per heavy atom. The second-order valence-corrected chi connectivity index (χ2v) is 3.86. The average Bonchev–Trinajstić information content (AvgIpc) is 2.30. The third-order valence-electron chi connectivity index (χ3n) is 1.75. The number of hydrogen-bond acceptors (Lipinski definition) is 7. The highest BCUT2D eigenvalue weighted by atomic mass is 32.3. The summed E-state index contributed by atoms with van der Waals surface area (Å²) < 4.78 is 34.1. The van der Waals surface area contributed by atoms with Gasteiger partial charge in [-0.2, -0.15) is 0 Å². The Hall–Kier alpha value is -1.35. The summed E-state index contributed by atoms with van der Waals surface area (Å²) in [6.45, 7) is 8.81. The number of para-hydroxylation sites is 1. The fourth-order valence-corrected chi connectivity index (χ4v) is 1.15. The van der Waals surface area contributed by atoms with E-state index in [0.717, 1.165) is 23.5 Å². The summed E-state index contributed by atoms with van der Waals surface area (Å²) in [5.74, 6) is 0. The van der Waals surface area contributed by atoms with Crippen LogP contribution in [0.2, 0.25) is 0 Å². The maximum atomic E-state index is 8.84. The van der Waals surface area contributed by atoms with Crippen molar-refractivity contribution in [3.05, 3.63) is 23.8 Å². The molecule has 0 spiro atoms. The van der Waals surface area contributed by atoms with E-state index in [2.05, 4.69) is 10.8 Å². The van der Waals surface area contributed by atoms with E-state index in [4.69, 9.17) is 22.7 Å². The minimum Gasteiger partial charge on any atom is -0.759 e. The third-order valence-corrected chi connectivity index (χ3v) is 1.75. The maximum Gasteiger partial charge on any atom is 0.0862 e. The van der Waals surface area contributed by atoms with Gasteiger partial charge in [0, 0.05) is 16.9 Å². The average molecular weight is 292 g/mol. The number of nitrogens with one attached hydrogen (secondary N) is 2. The van der Waals surface area contributed by atoms with Crippen LogP contribution < -0.4 is 10.8 Å². The smallest absolute Gasteiger partial charge is 0.0862 e. The van der Waals surface area contributed by atoms with Crippen molar-refractivity contribution in [3.8, 4) is 0 Å². The molecule has 0 bridgehead atoms. The highest BCUT2D eigenvalue weighted by molar-refractivity contribution is 7.79. The number of benzene rings is 1. The zero-order chi connectivity index (χ0) is 15.5. The topological polar surface area (TPSA) is 125 Å². The van der Waals surface area contributed by atoms with Gasteiger partial charge in [-0.25, -0.2) is 0 Å². The summed E-state index contributed by atoms with van der Waals surface area (Å²) in [6, 6.07) is 5.82. The summed E-state index contributed by atoms with van der Waals surface area (Å²) in [5.41, 5.74) is 4.89. The molecular formula is C11H20N2O5S-2. The number of hydrogen-bond donors (Lipinski definition) is 3. The molecule has 0 atom stereocenters. The van der Waals surface area contributed by atoms with Crippen molar-refractivity contribution in [2.24, 2.45) is 0 Å². The quantitative estimate of drug-likeness (QED) is 0.441. The predicted octanol–water partition coefficient (Wildman–Crippen LogP) is 1.92. The van der Waals surface area contributed by atoms with Gasteiger partial charge in [0.05, 0.1) is 11.4 Å². The molecule has 3 N–H and O–H groups in total. The van der Waals surface area contributed by atoms with E-state index in [9.17, 15) is 0 Å². The van der Waals surface area contributed by atoms with Crippen molar-refractivity contribution >= 4 is 21.8 Å². The monoisotopic (exact) mass is 292 g/mol. The van der Waals surface area contributed by atoms with E-state index >= 15 is 0 Å². The Morgan fingerprint density at radius 1 is 1.26 bits per heavy atom. The van der Waals surface area contributed by atoms with E-state index in [1.165, 1.54) is 0 Å². The summed E-state index contributed by atoms with van der Waals surface area (Å²) in [4.78, 5) is 0. The number of anilines is 2. The molecule has 1 rings (SSSR count). The third kappa shape index (κ3) is 11.5. The fraction of sp³-hybridized carbons (Fsp3) is 0.455. The Balaban J connectivity index is 0. The predicted molar refractivity (Wildman–Crippen MR) is 72.6 cm³/mol. The SMILES string of the molecule is CC.CCNc1cccc(C)c1NO.O=S(=O)([O-])[O-]. The van der Waals surface area contributed by atoms with Gasteiger partial charge < -0.3 is 14.4 Å². The molecule has 0 aliphatic carbocycles. The molecule has 0 aliphatic heterocycles. The molecule has 7 nitrogen and oxygen atoms in total. The van der Waals surface area contributed by atoms with Gasteiger partial charge in [0.15, 0.2) is 0 Å². The zero-order valence-corrected chi connectivity index (χ0v) is 12.2. The molecule has 0 saturated heterocycles. The van der Waals surface area contributed by atoms with E-state index in [0.29, 0.717) is 0 Å². The summed E-state index contributed by atoms with van der Waals surface area (Å²) >= 11 is 0. The molecule has 0 radical (unpaired) electrons. The second kappa shape index (κ2) is 10.6. The van der Waals surface area contributed by atoms with Crippen molar-refractivity contribution in [3.63, 3.8) is 0 Å². The molecule has 112 valence electrons. The Labute approximate surface area is 114 Å². The first-order valence-corrected chi connectivity index (χ1v) is 7.03. The summed E-state index contributed by atoms with van der Waals surface area (Å²) in [6.07, 6.45) is 0. The molecule has 0 unspecified atom stereocenters. The van der Waals surface area contributed by atoms with Gasteiger partial charge >= 0.3 is 0 Å². The van der Waals surface area contributed by atoms with Crippen molar-refractivity contribution in [2.75, 3.05) is 17.3 Å². The first-order valence-electron chi connectivity index (χ1n) is 5.69. The molecule has 1 aromatic rings. The molecule has 0 heterocycles. The lowest BCUT2D eigenvalue weighted by Crippen LogP contribution is -2.02. The molecule has 0 saturated carbocycles. The van der Waals surface area contributed by atoms with E-state index in [1.54, 1.807) is 0 Å². The number of rotatable bonds is 3. The molecule has 0 amide bonds. The molecule has 8 heteroatoms. The van der Waals surface area contributed by atoms with Gasteiger partial charge in [-0.1, -0.05) is 26.0 Å². The first kappa shape index (κ1) is 20.0. The van der Waals surface area contributed by atoms with Crippen molar-refractivity contribution in [1.82, 2.24) is 0 Å². The normalized spacial score (nSPS) is 9.42. The highest BCUT2D eigenvalue weighted by Gasteiger charge is 2.01. The van der Waals surface area contributed by atoms with Crippen LogP contribution in [-0.4, -0.2) is 29.3 Å². The van der Waals surface area contributed by atoms with Crippen LogP contribution in [0, 0.1) is 6.92 Å². The fourth-order valence-electron chi connectivity index (χ4n) is 1.15. The van der Waals surface area contributed by atoms with Crippen LogP contribution in [0.5, 0.6) is 0 Å². The van der Waals surface area contributed by atoms with Crippen LogP contribution >= 0.6 is 0 Å². The minimum atomic E-state index is -5.17. The lowest BCUT2D eigenvalue weighted by atomic mass is 10.2. The first-order chi connectivity index (χ1) is 8.79. The molecule has 0 aliphatic rings. The largest absolute Gasteiger partial charge is 0.759 e. The molecule has 0 fully saturated rings. The molecule has 1 aromatic carbocycles. The van der Waals surface area contributed by atoms with Gasteiger partial charge in [0.25, 0.3) is 0 Å². The lowest BCUT2D eigenvalue weighted by Gasteiger charge is -2.11.